The van der Waals surface area contributed by atoms with Gasteiger partial charge in [0.05, 0.1) is 24.9 Å². The predicted octanol–water partition coefficient (Wildman–Crippen LogP) is 1.45. The highest BCUT2D eigenvalue weighted by Gasteiger charge is 2.17. The maximum absolute atomic E-state index is 5.08. The van der Waals surface area contributed by atoms with Crippen LogP contribution in [0.15, 0.2) is 18.5 Å². The van der Waals surface area contributed by atoms with Crippen LogP contribution in [0.3, 0.4) is 0 Å². The molecule has 0 bridgehead atoms. The molecular weight excluding hydrogens is 164 g/mol. The molecule has 0 aliphatic carbocycles. The smallest absolute Gasteiger partial charge is 0.0729 e. The van der Waals surface area contributed by atoms with Crippen molar-refractivity contribution < 1.29 is 4.74 Å². The highest BCUT2D eigenvalue weighted by atomic mass is 16.5. The molecule has 70 valence electrons. The summed E-state index contributed by atoms with van der Waals surface area (Å²) in [6.45, 7) is 3.76. The van der Waals surface area contributed by atoms with Crippen molar-refractivity contribution in [3.63, 3.8) is 0 Å². The molecule has 1 aromatic rings. The summed E-state index contributed by atoms with van der Waals surface area (Å²) in [5.41, 5.74) is 2.37. The van der Waals surface area contributed by atoms with E-state index in [1.165, 1.54) is 5.56 Å². The van der Waals surface area contributed by atoms with E-state index in [0.717, 1.165) is 25.3 Å². The third-order valence-corrected chi connectivity index (χ3v) is 2.21. The second-order valence-corrected chi connectivity index (χ2v) is 3.31. The molecule has 0 atom stereocenters. The first-order valence-corrected chi connectivity index (χ1v) is 4.66. The lowest BCUT2D eigenvalue weighted by atomic mass is 10.2. The summed E-state index contributed by atoms with van der Waals surface area (Å²) in [6, 6.07) is 2.62. The molecular formula is C10H14N2O. The average Bonchev–Trinajstić information content (AvgIpc) is 2.12. The van der Waals surface area contributed by atoms with Crippen molar-refractivity contribution in [3.8, 4) is 0 Å². The Morgan fingerprint density at radius 2 is 2.38 bits per heavy atom. The van der Waals surface area contributed by atoms with Crippen LogP contribution in [-0.4, -0.2) is 24.2 Å². The van der Waals surface area contributed by atoms with Gasteiger partial charge in [0.2, 0.25) is 0 Å². The lowest BCUT2D eigenvalue weighted by Gasteiger charge is -2.27. The van der Waals surface area contributed by atoms with Crippen LogP contribution in [0.5, 0.6) is 0 Å². The van der Waals surface area contributed by atoms with Crippen LogP contribution < -0.4 is 5.32 Å². The van der Waals surface area contributed by atoms with E-state index in [9.17, 15) is 0 Å². The molecule has 13 heavy (non-hydrogen) atoms. The van der Waals surface area contributed by atoms with Crippen LogP contribution in [-0.2, 0) is 11.2 Å². The highest BCUT2D eigenvalue weighted by Crippen LogP contribution is 2.13. The molecule has 3 heteroatoms. The molecule has 1 aliphatic rings. The average molecular weight is 178 g/mol. The van der Waals surface area contributed by atoms with Crippen molar-refractivity contribution in [2.24, 2.45) is 0 Å². The molecule has 1 aliphatic heterocycles. The molecule has 0 unspecified atom stereocenters. The molecule has 1 aromatic heterocycles. The van der Waals surface area contributed by atoms with Crippen LogP contribution in [0.2, 0.25) is 0 Å². The minimum Gasteiger partial charge on any atom is -0.377 e. The molecule has 3 nitrogen and oxygen atoms in total. The number of rotatable bonds is 3. The van der Waals surface area contributed by atoms with Gasteiger partial charge in [0.15, 0.2) is 0 Å². The molecule has 1 saturated heterocycles. The minimum absolute atomic E-state index is 0.480. The van der Waals surface area contributed by atoms with E-state index in [0.29, 0.717) is 6.04 Å². The lowest BCUT2D eigenvalue weighted by Crippen LogP contribution is -2.40. The van der Waals surface area contributed by atoms with E-state index in [2.05, 4.69) is 23.3 Å². The standard InChI is InChI=1S/C10H14N2O/c1-2-8-3-9(5-11-4-8)12-10-6-13-7-10/h3-5,10,12H,2,6-7H2,1H3. The van der Waals surface area contributed by atoms with E-state index in [4.69, 9.17) is 4.74 Å². The molecule has 0 spiro atoms. The van der Waals surface area contributed by atoms with Crippen LogP contribution >= 0.6 is 0 Å². The normalized spacial score (nSPS) is 16.7. The Morgan fingerprint density at radius 3 is 3.00 bits per heavy atom. The van der Waals surface area contributed by atoms with Crippen molar-refractivity contribution in [2.45, 2.75) is 19.4 Å². The number of hydrogen-bond donors (Lipinski definition) is 1. The largest absolute Gasteiger partial charge is 0.377 e. The zero-order chi connectivity index (χ0) is 9.10. The fourth-order valence-corrected chi connectivity index (χ4v) is 1.31. The van der Waals surface area contributed by atoms with Crippen molar-refractivity contribution >= 4 is 5.69 Å². The number of pyridine rings is 1. The number of nitrogens with one attached hydrogen (secondary N) is 1. The van der Waals surface area contributed by atoms with Gasteiger partial charge in [-0.25, -0.2) is 0 Å². The fraction of sp³-hybridized carbons (Fsp3) is 0.500. The van der Waals surface area contributed by atoms with Crippen LogP contribution in [0.1, 0.15) is 12.5 Å². The zero-order valence-electron chi connectivity index (χ0n) is 7.79. The molecule has 0 radical (unpaired) electrons. The van der Waals surface area contributed by atoms with Gasteiger partial charge in [-0.3, -0.25) is 4.98 Å². The molecule has 0 amide bonds. The lowest BCUT2D eigenvalue weighted by molar-refractivity contribution is 0.0211. The monoisotopic (exact) mass is 178 g/mol. The van der Waals surface area contributed by atoms with Crippen LogP contribution in [0.4, 0.5) is 5.69 Å². The van der Waals surface area contributed by atoms with E-state index in [1.807, 2.05) is 12.4 Å². The quantitative estimate of drug-likeness (QED) is 0.760. The van der Waals surface area contributed by atoms with Crippen molar-refractivity contribution in [2.75, 3.05) is 18.5 Å². The van der Waals surface area contributed by atoms with Crippen LogP contribution in [0.25, 0.3) is 0 Å². The van der Waals surface area contributed by atoms with E-state index in [-0.39, 0.29) is 0 Å². The molecule has 0 saturated carbocycles. The summed E-state index contributed by atoms with van der Waals surface area (Å²) in [7, 11) is 0. The molecule has 1 fully saturated rings. The summed E-state index contributed by atoms with van der Waals surface area (Å²) >= 11 is 0. The van der Waals surface area contributed by atoms with Crippen molar-refractivity contribution in [1.82, 2.24) is 4.98 Å². The van der Waals surface area contributed by atoms with E-state index >= 15 is 0 Å². The fourth-order valence-electron chi connectivity index (χ4n) is 1.31. The first kappa shape index (κ1) is 8.51. The maximum Gasteiger partial charge on any atom is 0.0729 e. The number of hydrogen-bond acceptors (Lipinski definition) is 3. The first-order valence-electron chi connectivity index (χ1n) is 4.66. The minimum atomic E-state index is 0.480. The van der Waals surface area contributed by atoms with E-state index < -0.39 is 0 Å². The Labute approximate surface area is 78.1 Å². The summed E-state index contributed by atoms with van der Waals surface area (Å²) in [5.74, 6) is 0. The second-order valence-electron chi connectivity index (χ2n) is 3.31. The molecule has 2 heterocycles. The molecule has 0 aromatic carbocycles. The number of nitrogens with zero attached hydrogens (tertiary/aromatic N) is 1. The third-order valence-electron chi connectivity index (χ3n) is 2.21. The number of anilines is 1. The summed E-state index contributed by atoms with van der Waals surface area (Å²) in [6.07, 6.45) is 4.80. The Bertz CT molecular complexity index is 284. The molecule has 1 N–H and O–H groups in total. The van der Waals surface area contributed by atoms with Gasteiger partial charge in [-0.05, 0) is 18.1 Å². The van der Waals surface area contributed by atoms with Crippen molar-refractivity contribution in [3.05, 3.63) is 24.0 Å². The van der Waals surface area contributed by atoms with Gasteiger partial charge >= 0.3 is 0 Å². The highest BCUT2D eigenvalue weighted by molar-refractivity contribution is 5.44. The summed E-state index contributed by atoms with van der Waals surface area (Å²) < 4.78 is 5.08. The van der Waals surface area contributed by atoms with Gasteiger partial charge in [-0.2, -0.15) is 0 Å². The van der Waals surface area contributed by atoms with Crippen molar-refractivity contribution in [1.29, 1.82) is 0 Å². The Kier molecular flexibility index (Phi) is 2.45. The molecule has 2 rings (SSSR count). The Hall–Kier alpha value is -1.09. The van der Waals surface area contributed by atoms with Gasteiger partial charge in [-0.1, -0.05) is 6.92 Å². The van der Waals surface area contributed by atoms with Crippen LogP contribution in [0, 0.1) is 0 Å². The topological polar surface area (TPSA) is 34.2 Å². The maximum atomic E-state index is 5.08. The van der Waals surface area contributed by atoms with Gasteiger partial charge in [-0.15, -0.1) is 0 Å². The summed E-state index contributed by atoms with van der Waals surface area (Å²) in [4.78, 5) is 4.16. The Morgan fingerprint density at radius 1 is 1.54 bits per heavy atom. The zero-order valence-corrected chi connectivity index (χ0v) is 7.79. The Balaban J connectivity index is 2.01. The van der Waals surface area contributed by atoms with Gasteiger partial charge in [0.25, 0.3) is 0 Å². The van der Waals surface area contributed by atoms with Gasteiger partial charge < -0.3 is 10.1 Å². The SMILES string of the molecule is CCc1cncc(NC2COC2)c1. The number of aryl methyl sites for hydroxylation is 1. The first-order chi connectivity index (χ1) is 6.38. The number of aromatic nitrogens is 1. The summed E-state index contributed by atoms with van der Waals surface area (Å²) in [5, 5.41) is 3.37. The number of ether oxygens (including phenoxy) is 1. The predicted molar refractivity (Wildman–Crippen MR) is 51.8 cm³/mol. The van der Waals surface area contributed by atoms with Gasteiger partial charge in [0.1, 0.15) is 0 Å². The van der Waals surface area contributed by atoms with E-state index in [1.54, 1.807) is 0 Å². The third kappa shape index (κ3) is 1.98. The van der Waals surface area contributed by atoms with Gasteiger partial charge in [0, 0.05) is 12.4 Å². The second kappa shape index (κ2) is 3.75.